The molecule has 0 aromatic heterocycles. The Morgan fingerprint density at radius 1 is 1.05 bits per heavy atom. The molecule has 0 radical (unpaired) electrons. The third-order valence-electron chi connectivity index (χ3n) is 3.23. The standard InChI is InChI=1S/C16H18ClNO2/c1-19-14-9-8-12(15(17)16(14)20-2)10-13(18)11-6-4-3-5-7-11/h3-9,13H,10,18H2,1-2H3. The monoisotopic (exact) mass is 291 g/mol. The molecule has 0 amide bonds. The quantitative estimate of drug-likeness (QED) is 0.915. The molecule has 1 unspecified atom stereocenters. The molecule has 0 saturated heterocycles. The van der Waals surface area contributed by atoms with E-state index in [9.17, 15) is 0 Å². The van der Waals surface area contributed by atoms with E-state index in [2.05, 4.69) is 0 Å². The number of ether oxygens (including phenoxy) is 2. The zero-order valence-corrected chi connectivity index (χ0v) is 12.4. The van der Waals surface area contributed by atoms with Crippen LogP contribution in [0, 0.1) is 0 Å². The fourth-order valence-electron chi connectivity index (χ4n) is 2.14. The molecule has 0 heterocycles. The molecule has 2 N–H and O–H groups in total. The molecule has 2 rings (SSSR count). The molecule has 0 fully saturated rings. The van der Waals surface area contributed by atoms with Gasteiger partial charge in [-0.2, -0.15) is 0 Å². The highest BCUT2D eigenvalue weighted by Crippen LogP contribution is 2.38. The summed E-state index contributed by atoms with van der Waals surface area (Å²) < 4.78 is 10.5. The molecule has 2 aromatic rings. The SMILES string of the molecule is COc1ccc(CC(N)c2ccccc2)c(Cl)c1OC. The minimum atomic E-state index is -0.105. The van der Waals surface area contributed by atoms with Gasteiger partial charge >= 0.3 is 0 Å². The lowest BCUT2D eigenvalue weighted by atomic mass is 9.99. The van der Waals surface area contributed by atoms with E-state index in [0.29, 0.717) is 22.9 Å². The van der Waals surface area contributed by atoms with Crippen molar-refractivity contribution in [3.63, 3.8) is 0 Å². The van der Waals surface area contributed by atoms with E-state index in [-0.39, 0.29) is 6.04 Å². The van der Waals surface area contributed by atoms with Gasteiger partial charge in [-0.3, -0.25) is 0 Å². The van der Waals surface area contributed by atoms with Crippen molar-refractivity contribution in [1.82, 2.24) is 0 Å². The summed E-state index contributed by atoms with van der Waals surface area (Å²) in [6, 6.07) is 13.6. The van der Waals surface area contributed by atoms with Gasteiger partial charge in [0.2, 0.25) is 0 Å². The summed E-state index contributed by atoms with van der Waals surface area (Å²) in [5.74, 6) is 1.17. The Balaban J connectivity index is 2.26. The first-order valence-electron chi connectivity index (χ1n) is 6.37. The Bertz CT molecular complexity index is 572. The molecule has 3 nitrogen and oxygen atoms in total. The zero-order valence-electron chi connectivity index (χ0n) is 11.6. The zero-order chi connectivity index (χ0) is 14.5. The van der Waals surface area contributed by atoms with E-state index in [4.69, 9.17) is 26.8 Å². The van der Waals surface area contributed by atoms with Gasteiger partial charge in [-0.25, -0.2) is 0 Å². The third kappa shape index (κ3) is 3.06. The Morgan fingerprint density at radius 3 is 2.35 bits per heavy atom. The predicted molar refractivity (Wildman–Crippen MR) is 81.6 cm³/mol. The average Bonchev–Trinajstić information content (AvgIpc) is 2.49. The molecular formula is C16H18ClNO2. The van der Waals surface area contributed by atoms with E-state index in [1.165, 1.54) is 0 Å². The first-order valence-corrected chi connectivity index (χ1v) is 6.75. The van der Waals surface area contributed by atoms with Crippen LogP contribution in [-0.4, -0.2) is 14.2 Å². The normalized spacial score (nSPS) is 12.0. The van der Waals surface area contributed by atoms with Gasteiger partial charge in [0.25, 0.3) is 0 Å². The van der Waals surface area contributed by atoms with Crippen LogP contribution in [0.2, 0.25) is 5.02 Å². The van der Waals surface area contributed by atoms with Crippen LogP contribution in [0.4, 0.5) is 0 Å². The maximum atomic E-state index is 6.36. The van der Waals surface area contributed by atoms with Crippen LogP contribution < -0.4 is 15.2 Å². The first-order chi connectivity index (χ1) is 9.67. The molecule has 0 spiro atoms. The van der Waals surface area contributed by atoms with Crippen LogP contribution in [0.5, 0.6) is 11.5 Å². The van der Waals surface area contributed by atoms with Crippen molar-refractivity contribution in [2.75, 3.05) is 14.2 Å². The Labute approximate surface area is 124 Å². The molecule has 0 aliphatic carbocycles. The minimum absolute atomic E-state index is 0.105. The molecule has 0 aliphatic rings. The second-order valence-electron chi connectivity index (χ2n) is 4.50. The van der Waals surface area contributed by atoms with E-state index in [0.717, 1.165) is 11.1 Å². The fourth-order valence-corrected chi connectivity index (χ4v) is 2.45. The highest BCUT2D eigenvalue weighted by atomic mass is 35.5. The van der Waals surface area contributed by atoms with E-state index in [1.54, 1.807) is 14.2 Å². The van der Waals surface area contributed by atoms with E-state index < -0.39 is 0 Å². The molecule has 4 heteroatoms. The molecule has 0 aliphatic heterocycles. The van der Waals surface area contributed by atoms with Crippen LogP contribution in [-0.2, 0) is 6.42 Å². The number of methoxy groups -OCH3 is 2. The predicted octanol–water partition coefficient (Wildman–Crippen LogP) is 3.60. The Hall–Kier alpha value is -1.71. The summed E-state index contributed by atoms with van der Waals surface area (Å²) in [4.78, 5) is 0. The van der Waals surface area contributed by atoms with Crippen LogP contribution in [0.3, 0.4) is 0 Å². The van der Waals surface area contributed by atoms with Gasteiger partial charge in [0.05, 0.1) is 19.2 Å². The van der Waals surface area contributed by atoms with Crippen molar-refractivity contribution < 1.29 is 9.47 Å². The van der Waals surface area contributed by atoms with E-state index in [1.807, 2.05) is 42.5 Å². The molecule has 1 atom stereocenters. The highest BCUT2D eigenvalue weighted by Gasteiger charge is 2.15. The van der Waals surface area contributed by atoms with E-state index >= 15 is 0 Å². The summed E-state index contributed by atoms with van der Waals surface area (Å²) in [7, 11) is 3.16. The van der Waals surface area contributed by atoms with Crippen molar-refractivity contribution >= 4 is 11.6 Å². The topological polar surface area (TPSA) is 44.5 Å². The van der Waals surface area contributed by atoms with Gasteiger partial charge in [-0.05, 0) is 23.6 Å². The van der Waals surface area contributed by atoms with Gasteiger partial charge < -0.3 is 15.2 Å². The second kappa shape index (κ2) is 6.64. The largest absolute Gasteiger partial charge is 0.493 e. The Kier molecular flexibility index (Phi) is 4.88. The Morgan fingerprint density at radius 2 is 1.75 bits per heavy atom. The highest BCUT2D eigenvalue weighted by molar-refractivity contribution is 6.33. The lowest BCUT2D eigenvalue weighted by molar-refractivity contribution is 0.354. The third-order valence-corrected chi connectivity index (χ3v) is 3.65. The number of nitrogens with two attached hydrogens (primary N) is 1. The van der Waals surface area contributed by atoms with Gasteiger partial charge in [0.1, 0.15) is 0 Å². The van der Waals surface area contributed by atoms with Gasteiger partial charge in [0, 0.05) is 6.04 Å². The lowest BCUT2D eigenvalue weighted by Gasteiger charge is -2.16. The van der Waals surface area contributed by atoms with Crippen molar-refractivity contribution in [2.24, 2.45) is 5.73 Å². The summed E-state index contributed by atoms with van der Waals surface area (Å²) >= 11 is 6.36. The number of benzene rings is 2. The second-order valence-corrected chi connectivity index (χ2v) is 4.87. The summed E-state index contributed by atoms with van der Waals surface area (Å²) in [5.41, 5.74) is 8.25. The molecule has 106 valence electrons. The summed E-state index contributed by atoms with van der Waals surface area (Å²) in [5, 5.41) is 0.554. The number of halogens is 1. The van der Waals surface area contributed by atoms with Crippen molar-refractivity contribution in [1.29, 1.82) is 0 Å². The van der Waals surface area contributed by atoms with Gasteiger partial charge in [-0.1, -0.05) is 48.0 Å². The maximum absolute atomic E-state index is 6.36. The molecule has 0 saturated carbocycles. The molecular weight excluding hydrogens is 274 g/mol. The van der Waals surface area contributed by atoms with Crippen molar-refractivity contribution in [3.8, 4) is 11.5 Å². The van der Waals surface area contributed by atoms with Gasteiger partial charge in [0.15, 0.2) is 11.5 Å². The number of hydrogen-bond acceptors (Lipinski definition) is 3. The molecule has 2 aromatic carbocycles. The lowest BCUT2D eigenvalue weighted by Crippen LogP contribution is -2.13. The smallest absolute Gasteiger partial charge is 0.179 e. The van der Waals surface area contributed by atoms with Crippen LogP contribution in [0.25, 0.3) is 0 Å². The maximum Gasteiger partial charge on any atom is 0.179 e. The first kappa shape index (κ1) is 14.7. The van der Waals surface area contributed by atoms with Gasteiger partial charge in [-0.15, -0.1) is 0 Å². The number of rotatable bonds is 5. The van der Waals surface area contributed by atoms with Crippen molar-refractivity contribution in [2.45, 2.75) is 12.5 Å². The average molecular weight is 292 g/mol. The summed E-state index contributed by atoms with van der Waals surface area (Å²) in [6.07, 6.45) is 0.642. The van der Waals surface area contributed by atoms with Crippen molar-refractivity contribution in [3.05, 3.63) is 58.6 Å². The molecule has 20 heavy (non-hydrogen) atoms. The minimum Gasteiger partial charge on any atom is -0.493 e. The van der Waals surface area contributed by atoms with Crippen LogP contribution >= 0.6 is 11.6 Å². The fraction of sp³-hybridized carbons (Fsp3) is 0.250. The van der Waals surface area contributed by atoms with Crippen LogP contribution in [0.15, 0.2) is 42.5 Å². The summed E-state index contributed by atoms with van der Waals surface area (Å²) in [6.45, 7) is 0. The van der Waals surface area contributed by atoms with Crippen LogP contribution in [0.1, 0.15) is 17.2 Å². The molecule has 0 bridgehead atoms. The number of hydrogen-bond donors (Lipinski definition) is 1.